The molecule has 3 N–H and O–H groups in total. The molecule has 1 aliphatic heterocycles. The van der Waals surface area contributed by atoms with Gasteiger partial charge in [-0.25, -0.2) is 4.98 Å². The summed E-state index contributed by atoms with van der Waals surface area (Å²) in [5.74, 6) is -0.0341. The van der Waals surface area contributed by atoms with Crippen molar-refractivity contribution >= 4 is 28.3 Å². The van der Waals surface area contributed by atoms with Crippen molar-refractivity contribution < 1.29 is 9.59 Å². The quantitative estimate of drug-likeness (QED) is 0.812. The van der Waals surface area contributed by atoms with Crippen LogP contribution < -0.4 is 11.1 Å². The van der Waals surface area contributed by atoms with Crippen molar-refractivity contribution in [2.75, 3.05) is 19.3 Å². The van der Waals surface area contributed by atoms with Gasteiger partial charge in [-0.2, -0.15) is 0 Å². The van der Waals surface area contributed by atoms with Crippen LogP contribution in [0.1, 0.15) is 28.2 Å². The van der Waals surface area contributed by atoms with Crippen LogP contribution in [0.15, 0.2) is 0 Å². The summed E-state index contributed by atoms with van der Waals surface area (Å²) in [5, 5.41) is 3.32. The number of nitrogens with zero attached hydrogens (tertiary/aromatic N) is 2. The van der Waals surface area contributed by atoms with Crippen molar-refractivity contribution in [3.63, 3.8) is 0 Å². The molecule has 0 saturated carbocycles. The molecule has 2 heterocycles. The van der Waals surface area contributed by atoms with Gasteiger partial charge < -0.3 is 16.0 Å². The SMILES string of the molecule is Cc1nc(N)sc1C(=O)NC1CCC(=O)N(C)C1. The number of hydrogen-bond donors (Lipinski definition) is 2. The van der Waals surface area contributed by atoms with Crippen molar-refractivity contribution in [2.24, 2.45) is 0 Å². The maximum absolute atomic E-state index is 12.0. The number of aryl methyl sites for hydroxylation is 1. The number of piperidine rings is 1. The molecular formula is C11H16N4O2S. The van der Waals surface area contributed by atoms with Gasteiger partial charge in [-0.3, -0.25) is 9.59 Å². The number of nitrogens with one attached hydrogen (secondary N) is 1. The highest BCUT2D eigenvalue weighted by Crippen LogP contribution is 2.20. The zero-order valence-electron chi connectivity index (χ0n) is 10.4. The second kappa shape index (κ2) is 4.93. The first-order valence-electron chi connectivity index (χ1n) is 5.75. The normalized spacial score (nSPS) is 20.0. The minimum Gasteiger partial charge on any atom is -0.375 e. The number of amides is 2. The van der Waals surface area contributed by atoms with Crippen molar-refractivity contribution in [1.82, 2.24) is 15.2 Å². The number of anilines is 1. The molecule has 1 saturated heterocycles. The number of hydrogen-bond acceptors (Lipinski definition) is 5. The topological polar surface area (TPSA) is 88.3 Å². The van der Waals surface area contributed by atoms with Gasteiger partial charge in [-0.05, 0) is 13.3 Å². The predicted octanol–water partition coefficient (Wildman–Crippen LogP) is 0.384. The minimum absolute atomic E-state index is 0.00271. The molecule has 0 aliphatic carbocycles. The molecule has 0 spiro atoms. The maximum atomic E-state index is 12.0. The average molecular weight is 268 g/mol. The monoisotopic (exact) mass is 268 g/mol. The van der Waals surface area contributed by atoms with E-state index in [1.807, 2.05) is 0 Å². The molecule has 0 radical (unpaired) electrons. The smallest absolute Gasteiger partial charge is 0.263 e. The van der Waals surface area contributed by atoms with Crippen LogP contribution in [0, 0.1) is 6.92 Å². The van der Waals surface area contributed by atoms with E-state index in [9.17, 15) is 9.59 Å². The molecule has 0 aromatic carbocycles. The Hall–Kier alpha value is -1.63. The van der Waals surface area contributed by atoms with Gasteiger partial charge in [-0.1, -0.05) is 11.3 Å². The van der Waals surface area contributed by atoms with Gasteiger partial charge in [-0.15, -0.1) is 0 Å². The highest BCUT2D eigenvalue weighted by atomic mass is 32.1. The molecule has 7 heteroatoms. The first-order valence-corrected chi connectivity index (χ1v) is 6.56. The lowest BCUT2D eigenvalue weighted by atomic mass is 10.1. The molecule has 98 valence electrons. The van der Waals surface area contributed by atoms with Crippen LogP contribution in [0.3, 0.4) is 0 Å². The Labute approximate surface area is 109 Å². The van der Waals surface area contributed by atoms with E-state index in [0.717, 1.165) is 0 Å². The number of carbonyl (C=O) groups excluding carboxylic acids is 2. The summed E-state index contributed by atoms with van der Waals surface area (Å²) in [7, 11) is 1.75. The third-order valence-corrected chi connectivity index (χ3v) is 3.97. The number of nitrogens with two attached hydrogens (primary N) is 1. The summed E-state index contributed by atoms with van der Waals surface area (Å²) in [6.45, 7) is 2.32. The Morgan fingerprint density at radius 2 is 2.33 bits per heavy atom. The number of likely N-dealkylation sites (tertiary alicyclic amines) is 1. The van der Waals surface area contributed by atoms with E-state index in [-0.39, 0.29) is 17.9 Å². The molecule has 0 bridgehead atoms. The highest BCUT2D eigenvalue weighted by Gasteiger charge is 2.25. The molecule has 1 fully saturated rings. The highest BCUT2D eigenvalue weighted by molar-refractivity contribution is 7.17. The molecule has 2 rings (SSSR count). The Bertz CT molecular complexity index is 485. The van der Waals surface area contributed by atoms with Gasteiger partial charge in [0.15, 0.2) is 5.13 Å². The van der Waals surface area contributed by atoms with Crippen LogP contribution in [-0.4, -0.2) is 41.3 Å². The zero-order chi connectivity index (χ0) is 13.3. The number of likely N-dealkylation sites (N-methyl/N-ethyl adjacent to an activating group) is 1. The predicted molar refractivity (Wildman–Crippen MR) is 69.4 cm³/mol. The van der Waals surface area contributed by atoms with Gasteiger partial charge in [0.05, 0.1) is 5.69 Å². The number of nitrogen functional groups attached to an aromatic ring is 1. The van der Waals surface area contributed by atoms with E-state index in [4.69, 9.17) is 5.73 Å². The summed E-state index contributed by atoms with van der Waals surface area (Å²) in [4.78, 5) is 29.6. The van der Waals surface area contributed by atoms with Crippen molar-refractivity contribution in [1.29, 1.82) is 0 Å². The molecule has 1 aromatic heterocycles. The summed E-state index contributed by atoms with van der Waals surface area (Å²) < 4.78 is 0. The van der Waals surface area contributed by atoms with E-state index >= 15 is 0 Å². The maximum Gasteiger partial charge on any atom is 0.263 e. The lowest BCUT2D eigenvalue weighted by molar-refractivity contribution is -0.132. The average Bonchev–Trinajstić information content (AvgIpc) is 2.63. The largest absolute Gasteiger partial charge is 0.375 e. The minimum atomic E-state index is -0.158. The van der Waals surface area contributed by atoms with E-state index in [1.54, 1.807) is 18.9 Å². The summed E-state index contributed by atoms with van der Waals surface area (Å²) >= 11 is 1.19. The van der Waals surface area contributed by atoms with Gasteiger partial charge >= 0.3 is 0 Å². The number of aromatic nitrogens is 1. The second-order valence-corrected chi connectivity index (χ2v) is 5.48. The summed E-state index contributed by atoms with van der Waals surface area (Å²) in [5.41, 5.74) is 6.21. The first kappa shape index (κ1) is 12.8. The van der Waals surface area contributed by atoms with Crippen molar-refractivity contribution in [2.45, 2.75) is 25.8 Å². The third kappa shape index (κ3) is 2.61. The fourth-order valence-corrected chi connectivity index (χ4v) is 2.75. The van der Waals surface area contributed by atoms with E-state index in [1.165, 1.54) is 11.3 Å². The van der Waals surface area contributed by atoms with E-state index in [2.05, 4.69) is 10.3 Å². The van der Waals surface area contributed by atoms with Gasteiger partial charge in [0.25, 0.3) is 5.91 Å². The molecule has 1 aromatic rings. The molecular weight excluding hydrogens is 252 g/mol. The van der Waals surface area contributed by atoms with Crippen LogP contribution >= 0.6 is 11.3 Å². The molecule has 1 atom stereocenters. The van der Waals surface area contributed by atoms with Crippen LogP contribution in [0.4, 0.5) is 5.13 Å². The Kier molecular flexibility index (Phi) is 3.51. The molecule has 1 aliphatic rings. The van der Waals surface area contributed by atoms with Gasteiger partial charge in [0.2, 0.25) is 5.91 Å². The van der Waals surface area contributed by atoms with Crippen molar-refractivity contribution in [3.05, 3.63) is 10.6 Å². The summed E-state index contributed by atoms with van der Waals surface area (Å²) in [6, 6.07) is 0.00271. The number of carbonyl (C=O) groups is 2. The van der Waals surface area contributed by atoms with Crippen LogP contribution in [0.5, 0.6) is 0 Å². The standard InChI is InChI=1S/C11H16N4O2S/c1-6-9(18-11(12)13-6)10(17)14-7-3-4-8(16)15(2)5-7/h7H,3-5H2,1-2H3,(H2,12,13)(H,14,17). The molecule has 6 nitrogen and oxygen atoms in total. The van der Waals surface area contributed by atoms with Crippen LogP contribution in [0.2, 0.25) is 0 Å². The number of thiazole rings is 1. The van der Waals surface area contributed by atoms with E-state index in [0.29, 0.717) is 35.1 Å². The van der Waals surface area contributed by atoms with E-state index < -0.39 is 0 Å². The van der Waals surface area contributed by atoms with Crippen LogP contribution in [0.25, 0.3) is 0 Å². The van der Waals surface area contributed by atoms with Gasteiger partial charge in [0.1, 0.15) is 4.88 Å². The lowest BCUT2D eigenvalue weighted by Gasteiger charge is -2.30. The number of rotatable bonds is 2. The van der Waals surface area contributed by atoms with Gasteiger partial charge in [0, 0.05) is 26.1 Å². The lowest BCUT2D eigenvalue weighted by Crippen LogP contribution is -2.48. The Morgan fingerprint density at radius 1 is 1.61 bits per heavy atom. The van der Waals surface area contributed by atoms with Crippen molar-refractivity contribution in [3.8, 4) is 0 Å². The first-order chi connectivity index (χ1) is 8.47. The fraction of sp³-hybridized carbons (Fsp3) is 0.545. The fourth-order valence-electron chi connectivity index (χ4n) is 2.01. The third-order valence-electron chi connectivity index (χ3n) is 2.98. The summed E-state index contributed by atoms with van der Waals surface area (Å²) in [6.07, 6.45) is 1.16. The zero-order valence-corrected chi connectivity index (χ0v) is 11.2. The molecule has 1 unspecified atom stereocenters. The molecule has 18 heavy (non-hydrogen) atoms. The van der Waals surface area contributed by atoms with Crippen LogP contribution in [-0.2, 0) is 4.79 Å². The Morgan fingerprint density at radius 3 is 2.89 bits per heavy atom. The Balaban J connectivity index is 2.00. The molecule has 2 amide bonds. The second-order valence-electron chi connectivity index (χ2n) is 4.45.